The summed E-state index contributed by atoms with van der Waals surface area (Å²) in [6.07, 6.45) is 4.58. The van der Waals surface area contributed by atoms with Gasteiger partial charge < -0.3 is 4.90 Å². The minimum Gasteiger partial charge on any atom is -0.336 e. The number of aryl methyl sites for hydroxylation is 2. The van der Waals surface area contributed by atoms with E-state index in [-0.39, 0.29) is 17.9 Å². The summed E-state index contributed by atoms with van der Waals surface area (Å²) in [5.74, 6) is -0.0626. The Kier molecular flexibility index (Phi) is 6.93. The first-order valence-electron chi connectivity index (χ1n) is 10.5. The van der Waals surface area contributed by atoms with Crippen LogP contribution in [0.1, 0.15) is 43.4 Å². The summed E-state index contributed by atoms with van der Waals surface area (Å²) in [5.41, 5.74) is 3.03. The maximum absolute atomic E-state index is 13.2. The molecule has 2 aromatic rings. The van der Waals surface area contributed by atoms with E-state index in [2.05, 4.69) is 4.98 Å². The lowest BCUT2D eigenvalue weighted by Crippen LogP contribution is -2.46. The second-order valence-electron chi connectivity index (χ2n) is 8.35. The Morgan fingerprint density at radius 3 is 2.43 bits per heavy atom. The van der Waals surface area contributed by atoms with Gasteiger partial charge in [-0.05, 0) is 75.4 Å². The predicted molar refractivity (Wildman–Crippen MR) is 117 cm³/mol. The number of nitrogens with zero attached hydrogens (tertiary/aromatic N) is 3. The molecule has 1 fully saturated rings. The molecule has 1 aliphatic heterocycles. The Balaban J connectivity index is 1.67. The fourth-order valence-corrected chi connectivity index (χ4v) is 5.36. The van der Waals surface area contributed by atoms with Crippen LogP contribution < -0.4 is 0 Å². The number of aromatic nitrogens is 1. The summed E-state index contributed by atoms with van der Waals surface area (Å²) in [6, 6.07) is 9.15. The molecule has 3 rings (SSSR count). The SMILES string of the molecule is Cc1ccc(S(=O)(=O)N2CCC(C(=O)N(Cc3cccnc3)C(C)C)CC2)cc1C. The van der Waals surface area contributed by atoms with Crippen LogP contribution in [0, 0.1) is 19.8 Å². The van der Waals surface area contributed by atoms with Crippen LogP contribution in [0.25, 0.3) is 0 Å². The van der Waals surface area contributed by atoms with E-state index in [9.17, 15) is 13.2 Å². The minimum absolute atomic E-state index is 0.0648. The third-order valence-corrected chi connectivity index (χ3v) is 7.80. The van der Waals surface area contributed by atoms with Gasteiger partial charge in [-0.2, -0.15) is 4.31 Å². The maximum Gasteiger partial charge on any atom is 0.243 e. The van der Waals surface area contributed by atoms with Crippen LogP contribution in [0.3, 0.4) is 0 Å². The number of benzene rings is 1. The van der Waals surface area contributed by atoms with Crippen LogP contribution in [-0.2, 0) is 21.4 Å². The summed E-state index contributed by atoms with van der Waals surface area (Å²) in [7, 11) is -3.54. The molecule has 0 unspecified atom stereocenters. The minimum atomic E-state index is -3.54. The van der Waals surface area contributed by atoms with Gasteiger partial charge in [0.25, 0.3) is 0 Å². The molecule has 0 radical (unpaired) electrons. The molecule has 1 aromatic carbocycles. The molecule has 162 valence electrons. The van der Waals surface area contributed by atoms with Crippen molar-refractivity contribution in [3.05, 3.63) is 59.4 Å². The van der Waals surface area contributed by atoms with Gasteiger partial charge in [-0.1, -0.05) is 12.1 Å². The highest BCUT2D eigenvalue weighted by Crippen LogP contribution is 2.27. The zero-order valence-electron chi connectivity index (χ0n) is 18.2. The number of rotatable bonds is 6. The van der Waals surface area contributed by atoms with Crippen molar-refractivity contribution in [2.24, 2.45) is 5.92 Å². The van der Waals surface area contributed by atoms with Crippen molar-refractivity contribution in [3.8, 4) is 0 Å². The molecule has 0 aliphatic carbocycles. The van der Waals surface area contributed by atoms with Crippen LogP contribution in [0.4, 0.5) is 0 Å². The Bertz CT molecular complexity index is 982. The van der Waals surface area contributed by atoms with Crippen LogP contribution in [0.15, 0.2) is 47.6 Å². The number of hydrogen-bond acceptors (Lipinski definition) is 4. The third kappa shape index (κ3) is 4.90. The lowest BCUT2D eigenvalue weighted by atomic mass is 9.95. The average Bonchev–Trinajstić information content (AvgIpc) is 2.74. The maximum atomic E-state index is 13.2. The van der Waals surface area contributed by atoms with E-state index in [1.807, 2.05) is 50.8 Å². The fourth-order valence-electron chi connectivity index (χ4n) is 3.80. The summed E-state index contributed by atoms with van der Waals surface area (Å²) in [4.78, 5) is 19.5. The van der Waals surface area contributed by atoms with Gasteiger partial charge in [0.1, 0.15) is 0 Å². The molecule has 30 heavy (non-hydrogen) atoms. The molecule has 2 heterocycles. The summed E-state index contributed by atoms with van der Waals surface area (Å²) < 4.78 is 27.6. The van der Waals surface area contributed by atoms with E-state index in [1.165, 1.54) is 4.31 Å². The van der Waals surface area contributed by atoms with Gasteiger partial charge in [-0.15, -0.1) is 0 Å². The topological polar surface area (TPSA) is 70.6 Å². The van der Waals surface area contributed by atoms with Gasteiger partial charge in [0.05, 0.1) is 4.90 Å². The summed E-state index contributed by atoms with van der Waals surface area (Å²) in [5, 5.41) is 0. The van der Waals surface area contributed by atoms with Crippen molar-refractivity contribution in [1.29, 1.82) is 0 Å². The van der Waals surface area contributed by atoms with Crippen LogP contribution in [0.2, 0.25) is 0 Å². The van der Waals surface area contributed by atoms with E-state index in [0.717, 1.165) is 16.7 Å². The molecule has 1 aromatic heterocycles. The quantitative estimate of drug-likeness (QED) is 0.704. The Hall–Kier alpha value is -2.25. The highest BCUT2D eigenvalue weighted by atomic mass is 32.2. The lowest BCUT2D eigenvalue weighted by molar-refractivity contribution is -0.139. The van der Waals surface area contributed by atoms with Crippen LogP contribution in [0.5, 0.6) is 0 Å². The number of carbonyl (C=O) groups excluding carboxylic acids is 1. The van der Waals surface area contributed by atoms with E-state index < -0.39 is 10.0 Å². The zero-order valence-corrected chi connectivity index (χ0v) is 19.0. The first-order valence-corrected chi connectivity index (χ1v) is 11.9. The largest absolute Gasteiger partial charge is 0.336 e. The second-order valence-corrected chi connectivity index (χ2v) is 10.3. The highest BCUT2D eigenvalue weighted by molar-refractivity contribution is 7.89. The fraction of sp³-hybridized carbons (Fsp3) is 0.478. The van der Waals surface area contributed by atoms with Crippen molar-refractivity contribution in [3.63, 3.8) is 0 Å². The molecule has 0 spiro atoms. The first kappa shape index (κ1) is 22.4. The Morgan fingerprint density at radius 2 is 1.87 bits per heavy atom. The highest BCUT2D eigenvalue weighted by Gasteiger charge is 2.34. The van der Waals surface area contributed by atoms with E-state index in [1.54, 1.807) is 24.5 Å². The van der Waals surface area contributed by atoms with Gasteiger partial charge in [0.15, 0.2) is 0 Å². The Morgan fingerprint density at radius 1 is 1.17 bits per heavy atom. The third-order valence-electron chi connectivity index (χ3n) is 5.90. The number of pyridine rings is 1. The predicted octanol–water partition coefficient (Wildman–Crippen LogP) is 3.54. The molecular weight excluding hydrogens is 398 g/mol. The lowest BCUT2D eigenvalue weighted by Gasteiger charge is -2.35. The van der Waals surface area contributed by atoms with Gasteiger partial charge in [0, 0.05) is 44.0 Å². The number of sulfonamides is 1. The monoisotopic (exact) mass is 429 g/mol. The average molecular weight is 430 g/mol. The van der Waals surface area contributed by atoms with Crippen LogP contribution in [-0.4, -0.2) is 47.6 Å². The molecule has 1 aliphatic rings. The number of carbonyl (C=O) groups is 1. The molecule has 0 N–H and O–H groups in total. The molecule has 0 atom stereocenters. The summed E-state index contributed by atoms with van der Waals surface area (Å²) in [6.45, 7) is 9.15. The van der Waals surface area contributed by atoms with Crippen molar-refractivity contribution >= 4 is 15.9 Å². The molecule has 7 heteroatoms. The number of amides is 1. The normalized spacial score (nSPS) is 16.0. The van der Waals surface area contributed by atoms with Crippen molar-refractivity contribution < 1.29 is 13.2 Å². The van der Waals surface area contributed by atoms with Gasteiger partial charge >= 0.3 is 0 Å². The van der Waals surface area contributed by atoms with Gasteiger partial charge in [-0.3, -0.25) is 9.78 Å². The van der Waals surface area contributed by atoms with Crippen molar-refractivity contribution in [1.82, 2.24) is 14.2 Å². The smallest absolute Gasteiger partial charge is 0.243 e. The standard InChI is InChI=1S/C23H31N3O3S/c1-17(2)26(16-20-6-5-11-24-15-20)23(27)21-9-12-25(13-10-21)30(28,29)22-8-7-18(3)19(4)14-22/h5-8,11,14-15,17,21H,9-10,12-13,16H2,1-4H3. The van der Waals surface area contributed by atoms with E-state index in [4.69, 9.17) is 0 Å². The molecular formula is C23H31N3O3S. The second kappa shape index (κ2) is 9.27. The van der Waals surface area contributed by atoms with E-state index in [0.29, 0.717) is 37.4 Å². The molecule has 1 saturated heterocycles. The number of hydrogen-bond donors (Lipinski definition) is 0. The number of piperidine rings is 1. The summed E-state index contributed by atoms with van der Waals surface area (Å²) >= 11 is 0. The van der Waals surface area contributed by atoms with E-state index >= 15 is 0 Å². The molecule has 6 nitrogen and oxygen atoms in total. The molecule has 1 amide bonds. The first-order chi connectivity index (χ1) is 14.2. The van der Waals surface area contributed by atoms with Crippen LogP contribution >= 0.6 is 0 Å². The van der Waals surface area contributed by atoms with Gasteiger partial charge in [-0.25, -0.2) is 8.42 Å². The van der Waals surface area contributed by atoms with Crippen molar-refractivity contribution in [2.45, 2.75) is 58.0 Å². The molecule has 0 bridgehead atoms. The zero-order chi connectivity index (χ0) is 21.9. The molecule has 0 saturated carbocycles. The van der Waals surface area contributed by atoms with Crippen molar-refractivity contribution in [2.75, 3.05) is 13.1 Å². The Labute approximate surface area is 180 Å². The van der Waals surface area contributed by atoms with Gasteiger partial charge in [0.2, 0.25) is 15.9 Å².